The Morgan fingerprint density at radius 1 is 0.941 bits per heavy atom. The largest absolute Gasteiger partial charge is 0.444 e. The summed E-state index contributed by atoms with van der Waals surface area (Å²) in [5.74, 6) is -0.838. The Morgan fingerprint density at radius 3 is 2.00 bits per heavy atom. The van der Waals surface area contributed by atoms with Gasteiger partial charge in [-0.05, 0) is 44.7 Å². The Morgan fingerprint density at radius 2 is 1.50 bits per heavy atom. The summed E-state index contributed by atoms with van der Waals surface area (Å²) in [6, 6.07) is 17.1. The van der Waals surface area contributed by atoms with Crippen molar-refractivity contribution < 1.29 is 19.1 Å². The first kappa shape index (κ1) is 26.9. The van der Waals surface area contributed by atoms with Gasteiger partial charge < -0.3 is 20.3 Å². The van der Waals surface area contributed by atoms with Crippen LogP contribution in [-0.4, -0.2) is 41.0 Å². The summed E-state index contributed by atoms with van der Waals surface area (Å²) in [5.41, 5.74) is 0.968. The van der Waals surface area contributed by atoms with Crippen LogP contribution in [0.3, 0.4) is 0 Å². The maximum Gasteiger partial charge on any atom is 0.408 e. The van der Waals surface area contributed by atoms with Gasteiger partial charge in [-0.3, -0.25) is 9.59 Å². The lowest BCUT2D eigenvalue weighted by Crippen LogP contribution is -2.54. The highest BCUT2D eigenvalue weighted by molar-refractivity contribution is 5.92. The third-order valence-corrected chi connectivity index (χ3v) is 5.21. The number of benzene rings is 2. The van der Waals surface area contributed by atoms with Gasteiger partial charge in [0.15, 0.2) is 0 Å². The number of carbonyl (C=O) groups is 3. The Labute approximate surface area is 202 Å². The zero-order chi connectivity index (χ0) is 25.3. The molecule has 7 nitrogen and oxygen atoms in total. The molecule has 2 rings (SSSR count). The summed E-state index contributed by atoms with van der Waals surface area (Å²) in [5, 5.41) is 5.67. The molecule has 0 aromatic heterocycles. The van der Waals surface area contributed by atoms with Crippen LogP contribution in [0, 0.1) is 5.92 Å². The van der Waals surface area contributed by atoms with Gasteiger partial charge in [0.05, 0.1) is 0 Å². The van der Waals surface area contributed by atoms with E-state index in [-0.39, 0.29) is 24.3 Å². The van der Waals surface area contributed by atoms with Crippen LogP contribution in [-0.2, 0) is 20.9 Å². The van der Waals surface area contributed by atoms with E-state index in [4.69, 9.17) is 4.74 Å². The Bertz CT molecular complexity index is 939. The third kappa shape index (κ3) is 7.90. The number of carbonyl (C=O) groups excluding carboxylic acids is 3. The molecule has 0 aliphatic rings. The molecular weight excluding hydrogens is 430 g/mol. The highest BCUT2D eigenvalue weighted by Crippen LogP contribution is 2.24. The lowest BCUT2D eigenvalue weighted by atomic mass is 9.99. The summed E-state index contributed by atoms with van der Waals surface area (Å²) in [6.07, 6.45) is -0.666. The zero-order valence-corrected chi connectivity index (χ0v) is 21.0. The number of likely N-dealkylation sites (N-methyl/N-ethyl adjacent to an activating group) is 1. The van der Waals surface area contributed by atoms with Gasteiger partial charge >= 0.3 is 6.09 Å². The molecule has 34 heavy (non-hydrogen) atoms. The smallest absolute Gasteiger partial charge is 0.408 e. The minimum absolute atomic E-state index is 0.210. The van der Waals surface area contributed by atoms with Crippen molar-refractivity contribution in [3.8, 4) is 0 Å². The highest BCUT2D eigenvalue weighted by atomic mass is 16.6. The summed E-state index contributed by atoms with van der Waals surface area (Å²) in [7, 11) is 0. The standard InChI is InChI=1S/C27H37N3O4/c1-7-30(25(32)22(19(2)3)29-26(33)34-27(4,5)6)23(21-16-12-9-13-17-21)24(31)28-18-20-14-10-8-11-15-20/h8-17,19,22-23H,7,18H2,1-6H3,(H,28,31)(H,29,33). The highest BCUT2D eigenvalue weighted by Gasteiger charge is 2.36. The van der Waals surface area contributed by atoms with Crippen LogP contribution < -0.4 is 10.6 Å². The van der Waals surface area contributed by atoms with Crippen molar-refractivity contribution >= 4 is 17.9 Å². The number of hydrogen-bond acceptors (Lipinski definition) is 4. The van der Waals surface area contributed by atoms with Gasteiger partial charge in [-0.25, -0.2) is 4.79 Å². The van der Waals surface area contributed by atoms with Crippen LogP contribution in [0.1, 0.15) is 58.7 Å². The van der Waals surface area contributed by atoms with E-state index in [1.807, 2.05) is 81.4 Å². The fourth-order valence-corrected chi connectivity index (χ4v) is 3.58. The third-order valence-electron chi connectivity index (χ3n) is 5.21. The Hall–Kier alpha value is -3.35. The SMILES string of the molecule is CCN(C(=O)C(NC(=O)OC(C)(C)C)C(C)C)C(C(=O)NCc1ccccc1)c1ccccc1. The maximum absolute atomic E-state index is 13.7. The normalized spacial score (nSPS) is 13.0. The minimum Gasteiger partial charge on any atom is -0.444 e. The fraction of sp³-hybridized carbons (Fsp3) is 0.444. The summed E-state index contributed by atoms with van der Waals surface area (Å²) in [6.45, 7) is 11.4. The molecule has 0 radical (unpaired) electrons. The molecule has 2 N–H and O–H groups in total. The zero-order valence-electron chi connectivity index (χ0n) is 21.0. The lowest BCUT2D eigenvalue weighted by Gasteiger charge is -2.35. The van der Waals surface area contributed by atoms with Crippen LogP contribution in [0.4, 0.5) is 4.79 Å². The van der Waals surface area contributed by atoms with Gasteiger partial charge in [-0.2, -0.15) is 0 Å². The first-order valence-electron chi connectivity index (χ1n) is 11.7. The predicted molar refractivity (Wildman–Crippen MR) is 133 cm³/mol. The average Bonchev–Trinajstić information content (AvgIpc) is 2.79. The van der Waals surface area contributed by atoms with Gasteiger partial charge in [0.25, 0.3) is 0 Å². The van der Waals surface area contributed by atoms with E-state index in [9.17, 15) is 14.4 Å². The molecule has 7 heteroatoms. The molecule has 184 valence electrons. The molecule has 0 saturated carbocycles. The van der Waals surface area contributed by atoms with E-state index in [0.29, 0.717) is 12.1 Å². The van der Waals surface area contributed by atoms with Gasteiger partial charge in [-0.15, -0.1) is 0 Å². The fourth-order valence-electron chi connectivity index (χ4n) is 3.58. The van der Waals surface area contributed by atoms with Crippen molar-refractivity contribution in [3.63, 3.8) is 0 Å². The van der Waals surface area contributed by atoms with Gasteiger partial charge in [-0.1, -0.05) is 74.5 Å². The molecule has 2 aromatic carbocycles. The van der Waals surface area contributed by atoms with E-state index in [1.54, 1.807) is 20.8 Å². The molecule has 0 aliphatic carbocycles. The topological polar surface area (TPSA) is 87.7 Å². The van der Waals surface area contributed by atoms with Crippen LogP contribution in [0.2, 0.25) is 0 Å². The van der Waals surface area contributed by atoms with Crippen molar-refractivity contribution in [3.05, 3.63) is 71.8 Å². The molecule has 0 spiro atoms. The number of ether oxygens (including phenoxy) is 1. The minimum atomic E-state index is -0.845. The van der Waals surface area contributed by atoms with Crippen molar-refractivity contribution in [1.82, 2.24) is 15.5 Å². The quantitative estimate of drug-likeness (QED) is 0.571. The van der Waals surface area contributed by atoms with E-state index < -0.39 is 23.8 Å². The number of nitrogens with one attached hydrogen (secondary N) is 2. The van der Waals surface area contributed by atoms with E-state index in [0.717, 1.165) is 5.56 Å². The molecule has 2 unspecified atom stereocenters. The molecule has 0 heterocycles. The first-order chi connectivity index (χ1) is 16.0. The van der Waals surface area contributed by atoms with Crippen LogP contribution >= 0.6 is 0 Å². The van der Waals surface area contributed by atoms with Crippen molar-refractivity contribution in [2.24, 2.45) is 5.92 Å². The molecule has 2 aromatic rings. The predicted octanol–water partition coefficient (Wildman–Crippen LogP) is 4.44. The second-order valence-electron chi connectivity index (χ2n) is 9.51. The summed E-state index contributed by atoms with van der Waals surface area (Å²) >= 11 is 0. The van der Waals surface area contributed by atoms with Gasteiger partial charge in [0.2, 0.25) is 11.8 Å². The van der Waals surface area contributed by atoms with Crippen molar-refractivity contribution in [2.45, 2.75) is 65.8 Å². The molecule has 2 atom stereocenters. The van der Waals surface area contributed by atoms with E-state index in [1.165, 1.54) is 4.90 Å². The molecule has 0 aliphatic heterocycles. The maximum atomic E-state index is 13.7. The molecule has 3 amide bonds. The van der Waals surface area contributed by atoms with E-state index >= 15 is 0 Å². The molecule has 0 bridgehead atoms. The first-order valence-corrected chi connectivity index (χ1v) is 11.7. The van der Waals surface area contributed by atoms with Gasteiger partial charge in [0.1, 0.15) is 17.7 Å². The second kappa shape index (κ2) is 12.2. The average molecular weight is 468 g/mol. The van der Waals surface area contributed by atoms with E-state index in [2.05, 4.69) is 10.6 Å². The van der Waals surface area contributed by atoms with Crippen LogP contribution in [0.5, 0.6) is 0 Å². The number of hydrogen-bond donors (Lipinski definition) is 2. The van der Waals surface area contributed by atoms with Crippen LogP contribution in [0.15, 0.2) is 60.7 Å². The van der Waals surface area contributed by atoms with Crippen molar-refractivity contribution in [2.75, 3.05) is 6.54 Å². The number of amides is 3. The monoisotopic (exact) mass is 467 g/mol. The van der Waals surface area contributed by atoms with Crippen LogP contribution in [0.25, 0.3) is 0 Å². The summed E-state index contributed by atoms with van der Waals surface area (Å²) < 4.78 is 5.36. The second-order valence-corrected chi connectivity index (χ2v) is 9.51. The molecule has 0 saturated heterocycles. The Balaban J connectivity index is 2.31. The van der Waals surface area contributed by atoms with Gasteiger partial charge in [0, 0.05) is 13.1 Å². The molecule has 0 fully saturated rings. The number of alkyl carbamates (subject to hydrolysis) is 1. The van der Waals surface area contributed by atoms with Crippen molar-refractivity contribution in [1.29, 1.82) is 0 Å². The number of nitrogens with zero attached hydrogens (tertiary/aromatic N) is 1. The molecular formula is C27H37N3O4. The lowest BCUT2D eigenvalue weighted by molar-refractivity contribution is -0.143. The Kier molecular flexibility index (Phi) is 9.66. The number of rotatable bonds is 9. The summed E-state index contributed by atoms with van der Waals surface area (Å²) in [4.78, 5) is 41.0.